The number of ether oxygens (including phenoxy) is 3. The van der Waals surface area contributed by atoms with Crippen LogP contribution >= 0.6 is 11.6 Å². The van der Waals surface area contributed by atoms with Gasteiger partial charge >= 0.3 is 6.09 Å². The Hall–Kier alpha value is -5.11. The second-order valence-corrected chi connectivity index (χ2v) is 12.9. The third-order valence-corrected chi connectivity index (χ3v) is 9.49. The SMILES string of the molecule is Cc1cc(C(=O)NCCOCCOc2ccc(C(NC(=O)OCC3c4ccccc4-c4ccccc43)c3ccc(Cl)cc3)cc2)cc(C)c1C. The van der Waals surface area contributed by atoms with E-state index in [4.69, 9.17) is 25.8 Å². The second kappa shape index (κ2) is 16.1. The molecule has 0 radical (unpaired) electrons. The van der Waals surface area contributed by atoms with Crippen LogP contribution in [0.5, 0.6) is 5.75 Å². The Labute approximate surface area is 298 Å². The molecular formula is C42H41ClN2O5. The van der Waals surface area contributed by atoms with Gasteiger partial charge in [0.05, 0.1) is 19.3 Å². The standard InChI is InChI=1S/C42H41ClN2O5/c1-27-24-32(25-28(2)29(27)3)41(46)44-20-21-48-22-23-49-34-18-14-31(15-19-34)40(30-12-16-33(43)17-13-30)45-42(47)50-26-39-37-10-6-4-8-35(37)36-9-5-7-11-38(36)39/h4-19,24-25,39-40H,20-23,26H2,1-3H3,(H,44,46)(H,45,47). The van der Waals surface area contributed by atoms with Crippen molar-refractivity contribution < 1.29 is 23.8 Å². The molecule has 0 aliphatic heterocycles. The fourth-order valence-corrected chi connectivity index (χ4v) is 6.48. The maximum absolute atomic E-state index is 13.3. The van der Waals surface area contributed by atoms with Crippen molar-refractivity contribution in [1.29, 1.82) is 0 Å². The molecule has 0 fully saturated rings. The van der Waals surface area contributed by atoms with Gasteiger partial charge in [-0.25, -0.2) is 4.79 Å². The summed E-state index contributed by atoms with van der Waals surface area (Å²) in [5.41, 5.74) is 10.5. The summed E-state index contributed by atoms with van der Waals surface area (Å²) in [6, 6.07) is 34.8. The topological polar surface area (TPSA) is 85.9 Å². The number of aryl methyl sites for hydroxylation is 2. The Morgan fingerprint density at radius 2 is 1.32 bits per heavy atom. The molecule has 5 aromatic rings. The van der Waals surface area contributed by atoms with E-state index in [0.29, 0.717) is 42.7 Å². The Bertz CT molecular complexity index is 1890. The molecule has 0 saturated heterocycles. The van der Waals surface area contributed by atoms with E-state index in [9.17, 15) is 9.59 Å². The normalized spacial score (nSPS) is 12.5. The molecule has 256 valence electrons. The molecule has 2 amide bonds. The molecule has 0 bridgehead atoms. The Morgan fingerprint density at radius 3 is 1.94 bits per heavy atom. The molecule has 5 aromatic carbocycles. The molecule has 50 heavy (non-hydrogen) atoms. The predicted molar refractivity (Wildman–Crippen MR) is 197 cm³/mol. The molecule has 0 saturated carbocycles. The van der Waals surface area contributed by atoms with Crippen molar-refractivity contribution in [3.8, 4) is 16.9 Å². The smallest absolute Gasteiger partial charge is 0.407 e. The summed E-state index contributed by atoms with van der Waals surface area (Å²) >= 11 is 6.18. The van der Waals surface area contributed by atoms with E-state index in [1.165, 1.54) is 16.7 Å². The molecule has 8 heteroatoms. The number of nitrogens with one attached hydrogen (secondary N) is 2. The van der Waals surface area contributed by atoms with E-state index in [1.807, 2.05) is 86.6 Å². The Balaban J connectivity index is 1.00. The summed E-state index contributed by atoms with van der Waals surface area (Å²) in [4.78, 5) is 25.8. The van der Waals surface area contributed by atoms with Gasteiger partial charge in [-0.2, -0.15) is 0 Å². The highest BCUT2D eigenvalue weighted by atomic mass is 35.5. The van der Waals surface area contributed by atoms with Gasteiger partial charge < -0.3 is 24.8 Å². The first-order chi connectivity index (χ1) is 24.3. The van der Waals surface area contributed by atoms with Gasteiger partial charge in [0.2, 0.25) is 0 Å². The maximum Gasteiger partial charge on any atom is 0.407 e. The average Bonchev–Trinajstić information content (AvgIpc) is 3.45. The number of fused-ring (bicyclic) bond motifs is 3. The summed E-state index contributed by atoms with van der Waals surface area (Å²) in [6.45, 7) is 7.81. The first-order valence-corrected chi connectivity index (χ1v) is 17.2. The van der Waals surface area contributed by atoms with Gasteiger partial charge in [-0.1, -0.05) is 84.4 Å². The molecule has 1 unspecified atom stereocenters. The van der Waals surface area contributed by atoms with E-state index in [2.05, 4.69) is 41.8 Å². The molecule has 2 N–H and O–H groups in total. The summed E-state index contributed by atoms with van der Waals surface area (Å²) in [7, 11) is 0. The predicted octanol–water partition coefficient (Wildman–Crippen LogP) is 8.72. The third kappa shape index (κ3) is 8.19. The minimum atomic E-state index is -0.510. The van der Waals surface area contributed by atoms with Crippen molar-refractivity contribution in [3.05, 3.63) is 159 Å². The van der Waals surface area contributed by atoms with Crippen molar-refractivity contribution >= 4 is 23.6 Å². The van der Waals surface area contributed by atoms with Gasteiger partial charge in [-0.3, -0.25) is 4.79 Å². The van der Waals surface area contributed by atoms with Crippen LogP contribution < -0.4 is 15.4 Å². The van der Waals surface area contributed by atoms with E-state index >= 15 is 0 Å². The number of hydrogen-bond donors (Lipinski definition) is 2. The van der Waals surface area contributed by atoms with Crippen LogP contribution in [0.15, 0.2) is 109 Å². The molecule has 0 spiro atoms. The molecule has 7 nitrogen and oxygen atoms in total. The molecule has 1 aliphatic rings. The van der Waals surface area contributed by atoms with Crippen LogP contribution in [0.4, 0.5) is 4.79 Å². The van der Waals surface area contributed by atoms with Crippen LogP contribution in [-0.2, 0) is 9.47 Å². The van der Waals surface area contributed by atoms with E-state index in [-0.39, 0.29) is 18.4 Å². The minimum absolute atomic E-state index is 0.0337. The lowest BCUT2D eigenvalue weighted by Gasteiger charge is -2.21. The number of carbonyl (C=O) groups is 2. The largest absolute Gasteiger partial charge is 0.491 e. The zero-order valence-corrected chi connectivity index (χ0v) is 29.3. The number of halogens is 1. The maximum atomic E-state index is 13.3. The lowest BCUT2D eigenvalue weighted by molar-refractivity contribution is 0.0866. The monoisotopic (exact) mass is 688 g/mol. The van der Waals surface area contributed by atoms with Gasteiger partial charge in [-0.05, 0) is 107 Å². The summed E-state index contributed by atoms with van der Waals surface area (Å²) in [5.74, 6) is 0.529. The number of rotatable bonds is 13. The molecule has 1 atom stereocenters. The molecule has 0 aromatic heterocycles. The van der Waals surface area contributed by atoms with Gasteiger partial charge in [0.15, 0.2) is 0 Å². The number of hydrogen-bond acceptors (Lipinski definition) is 5. The quantitative estimate of drug-likeness (QED) is 0.121. The fourth-order valence-electron chi connectivity index (χ4n) is 6.35. The molecule has 6 rings (SSSR count). The average molecular weight is 689 g/mol. The lowest BCUT2D eigenvalue weighted by atomic mass is 9.98. The second-order valence-electron chi connectivity index (χ2n) is 12.5. The van der Waals surface area contributed by atoms with Crippen LogP contribution in [-0.4, -0.2) is 45.0 Å². The minimum Gasteiger partial charge on any atom is -0.491 e. The number of amides is 2. The Kier molecular flexibility index (Phi) is 11.2. The molecule has 0 heterocycles. The van der Waals surface area contributed by atoms with Crippen molar-refractivity contribution in [3.63, 3.8) is 0 Å². The van der Waals surface area contributed by atoms with Crippen LogP contribution in [0.1, 0.15) is 61.3 Å². The van der Waals surface area contributed by atoms with Crippen LogP contribution in [0.2, 0.25) is 5.02 Å². The number of carbonyl (C=O) groups excluding carboxylic acids is 2. The molecule has 1 aliphatic carbocycles. The Morgan fingerprint density at radius 1 is 0.740 bits per heavy atom. The zero-order chi connectivity index (χ0) is 35.0. The fraction of sp³-hybridized carbons (Fsp3) is 0.238. The highest BCUT2D eigenvalue weighted by Gasteiger charge is 2.29. The van der Waals surface area contributed by atoms with E-state index in [0.717, 1.165) is 33.4 Å². The van der Waals surface area contributed by atoms with Crippen LogP contribution in [0.3, 0.4) is 0 Å². The van der Waals surface area contributed by atoms with Crippen LogP contribution in [0.25, 0.3) is 11.1 Å². The van der Waals surface area contributed by atoms with Crippen molar-refractivity contribution in [1.82, 2.24) is 10.6 Å². The van der Waals surface area contributed by atoms with Gasteiger partial charge in [0, 0.05) is 23.0 Å². The van der Waals surface area contributed by atoms with E-state index in [1.54, 1.807) is 12.1 Å². The highest BCUT2D eigenvalue weighted by molar-refractivity contribution is 6.30. The van der Waals surface area contributed by atoms with Crippen LogP contribution in [0, 0.1) is 20.8 Å². The number of benzene rings is 5. The van der Waals surface area contributed by atoms with Crippen molar-refractivity contribution in [2.24, 2.45) is 0 Å². The third-order valence-electron chi connectivity index (χ3n) is 9.24. The lowest BCUT2D eigenvalue weighted by Crippen LogP contribution is -2.31. The van der Waals surface area contributed by atoms with Gasteiger partial charge in [0.1, 0.15) is 19.0 Å². The highest BCUT2D eigenvalue weighted by Crippen LogP contribution is 2.44. The van der Waals surface area contributed by atoms with Crippen molar-refractivity contribution in [2.45, 2.75) is 32.7 Å². The van der Waals surface area contributed by atoms with Gasteiger partial charge in [-0.15, -0.1) is 0 Å². The van der Waals surface area contributed by atoms with E-state index < -0.39 is 12.1 Å². The van der Waals surface area contributed by atoms with Gasteiger partial charge in [0.25, 0.3) is 5.91 Å². The summed E-state index contributed by atoms with van der Waals surface area (Å²) < 4.78 is 17.4. The zero-order valence-electron chi connectivity index (χ0n) is 28.5. The summed E-state index contributed by atoms with van der Waals surface area (Å²) in [6.07, 6.45) is -0.510. The number of alkyl carbamates (subject to hydrolysis) is 1. The first kappa shape index (κ1) is 34.7. The molecular weight excluding hydrogens is 648 g/mol. The first-order valence-electron chi connectivity index (χ1n) is 16.8. The van der Waals surface area contributed by atoms with Crippen molar-refractivity contribution in [2.75, 3.05) is 33.0 Å². The summed E-state index contributed by atoms with van der Waals surface area (Å²) in [5, 5.41) is 6.58.